The van der Waals surface area contributed by atoms with Gasteiger partial charge in [0, 0.05) is 43.7 Å². The molecule has 24 heavy (non-hydrogen) atoms. The van der Waals surface area contributed by atoms with Crippen LogP contribution < -0.4 is 10.6 Å². The minimum absolute atomic E-state index is 0.382. The van der Waals surface area contributed by atoms with Gasteiger partial charge in [0.05, 0.1) is 12.6 Å². The van der Waals surface area contributed by atoms with Gasteiger partial charge in [-0.25, -0.2) is 0 Å². The monoisotopic (exact) mass is 353 g/mol. The molecular formula is C18H31N3O2S. The number of nitrogens with zero attached hydrogens (tertiary/aromatic N) is 1. The molecule has 136 valence electrons. The molecule has 1 aromatic rings. The number of thiophene rings is 1. The van der Waals surface area contributed by atoms with Crippen LogP contribution in [0.25, 0.3) is 0 Å². The molecule has 2 heterocycles. The fraction of sp³-hybridized carbons (Fsp3) is 0.722. The van der Waals surface area contributed by atoms with E-state index in [0.29, 0.717) is 12.0 Å². The predicted molar refractivity (Wildman–Crippen MR) is 101 cm³/mol. The Morgan fingerprint density at radius 3 is 2.96 bits per heavy atom. The van der Waals surface area contributed by atoms with Crippen molar-refractivity contribution in [2.75, 3.05) is 39.5 Å². The highest BCUT2D eigenvalue weighted by Crippen LogP contribution is 2.20. The molecule has 1 saturated heterocycles. The van der Waals surface area contributed by atoms with Crippen molar-refractivity contribution in [1.82, 2.24) is 10.6 Å². The van der Waals surface area contributed by atoms with Crippen molar-refractivity contribution in [3.05, 3.63) is 22.4 Å². The number of hydrogen-bond donors (Lipinski definition) is 2. The van der Waals surface area contributed by atoms with Gasteiger partial charge in [0.25, 0.3) is 0 Å². The first-order valence-electron chi connectivity index (χ1n) is 9.04. The molecule has 0 spiro atoms. The van der Waals surface area contributed by atoms with Crippen LogP contribution in [0.15, 0.2) is 22.5 Å². The van der Waals surface area contributed by atoms with Crippen LogP contribution in [-0.4, -0.2) is 51.5 Å². The van der Waals surface area contributed by atoms with Crippen LogP contribution in [-0.2, 0) is 9.47 Å². The first-order valence-corrected chi connectivity index (χ1v) is 9.92. The molecule has 1 fully saturated rings. The van der Waals surface area contributed by atoms with Gasteiger partial charge in [0.1, 0.15) is 0 Å². The average Bonchev–Trinajstić information content (AvgIpc) is 3.14. The van der Waals surface area contributed by atoms with Crippen LogP contribution in [0.2, 0.25) is 0 Å². The zero-order chi connectivity index (χ0) is 17.0. The quantitative estimate of drug-likeness (QED) is 0.407. The molecule has 6 heteroatoms. The molecule has 1 atom stereocenters. The molecule has 2 rings (SSSR count). The molecule has 0 saturated carbocycles. The van der Waals surface area contributed by atoms with Gasteiger partial charge in [0.15, 0.2) is 5.96 Å². The normalized spacial score (nSPS) is 17.7. The minimum Gasteiger partial charge on any atom is -0.381 e. The molecule has 1 unspecified atom stereocenters. The molecule has 1 aliphatic heterocycles. The highest BCUT2D eigenvalue weighted by atomic mass is 32.1. The third-order valence-corrected chi connectivity index (χ3v) is 5.14. The van der Waals surface area contributed by atoms with E-state index >= 15 is 0 Å². The van der Waals surface area contributed by atoms with Gasteiger partial charge in [-0.05, 0) is 37.6 Å². The van der Waals surface area contributed by atoms with E-state index in [1.54, 1.807) is 11.3 Å². The van der Waals surface area contributed by atoms with Gasteiger partial charge in [-0.2, -0.15) is 0 Å². The number of ether oxygens (including phenoxy) is 2. The van der Waals surface area contributed by atoms with Crippen molar-refractivity contribution in [3.63, 3.8) is 0 Å². The Bertz CT molecular complexity index is 459. The topological polar surface area (TPSA) is 54.9 Å². The SMILES string of the molecule is CCNC(=NCC(C)c1cccs1)NCCCOC1CCOCC1. The van der Waals surface area contributed by atoms with E-state index in [4.69, 9.17) is 14.5 Å². The summed E-state index contributed by atoms with van der Waals surface area (Å²) in [5, 5.41) is 8.83. The van der Waals surface area contributed by atoms with Crippen molar-refractivity contribution in [1.29, 1.82) is 0 Å². The van der Waals surface area contributed by atoms with E-state index in [1.165, 1.54) is 4.88 Å². The molecule has 2 N–H and O–H groups in total. The minimum atomic E-state index is 0.382. The lowest BCUT2D eigenvalue weighted by Gasteiger charge is -2.22. The number of guanidine groups is 1. The molecule has 0 amide bonds. The van der Waals surface area contributed by atoms with Crippen molar-refractivity contribution >= 4 is 17.3 Å². The Labute approximate surface area is 149 Å². The van der Waals surface area contributed by atoms with Crippen LogP contribution >= 0.6 is 11.3 Å². The molecular weight excluding hydrogens is 322 g/mol. The summed E-state index contributed by atoms with van der Waals surface area (Å²) in [5.41, 5.74) is 0. The van der Waals surface area contributed by atoms with Crippen LogP contribution in [0.1, 0.15) is 43.9 Å². The summed E-state index contributed by atoms with van der Waals surface area (Å²) in [6.45, 7) is 9.33. The second kappa shape index (κ2) is 11.4. The molecule has 0 bridgehead atoms. The van der Waals surface area contributed by atoms with Crippen LogP contribution in [0.4, 0.5) is 0 Å². The summed E-state index contributed by atoms with van der Waals surface area (Å²) in [4.78, 5) is 6.09. The van der Waals surface area contributed by atoms with E-state index in [9.17, 15) is 0 Å². The lowest BCUT2D eigenvalue weighted by molar-refractivity contribution is -0.0320. The second-order valence-corrected chi connectivity index (χ2v) is 7.08. The second-order valence-electron chi connectivity index (χ2n) is 6.10. The molecule has 5 nitrogen and oxygen atoms in total. The summed E-state index contributed by atoms with van der Waals surface area (Å²) in [7, 11) is 0. The maximum absolute atomic E-state index is 5.89. The Kier molecular flexibility index (Phi) is 9.16. The first-order chi connectivity index (χ1) is 11.8. The summed E-state index contributed by atoms with van der Waals surface area (Å²) in [6.07, 6.45) is 3.42. The van der Waals surface area contributed by atoms with Crippen molar-refractivity contribution in [2.45, 2.75) is 45.1 Å². The fourth-order valence-corrected chi connectivity index (χ4v) is 3.38. The highest BCUT2D eigenvalue weighted by Gasteiger charge is 2.13. The largest absolute Gasteiger partial charge is 0.381 e. The lowest BCUT2D eigenvalue weighted by atomic mass is 10.1. The number of rotatable bonds is 9. The van der Waals surface area contributed by atoms with Gasteiger partial charge in [-0.1, -0.05) is 13.0 Å². The van der Waals surface area contributed by atoms with E-state index in [-0.39, 0.29) is 0 Å². The third-order valence-electron chi connectivity index (χ3n) is 4.03. The summed E-state index contributed by atoms with van der Waals surface area (Å²) >= 11 is 1.80. The Morgan fingerprint density at radius 1 is 1.42 bits per heavy atom. The predicted octanol–water partition coefficient (Wildman–Crippen LogP) is 2.99. The van der Waals surface area contributed by atoms with E-state index in [0.717, 1.165) is 64.7 Å². The fourth-order valence-electron chi connectivity index (χ4n) is 2.60. The zero-order valence-corrected chi connectivity index (χ0v) is 15.7. The lowest BCUT2D eigenvalue weighted by Crippen LogP contribution is -2.38. The van der Waals surface area contributed by atoms with E-state index in [2.05, 4.69) is 42.0 Å². The third kappa shape index (κ3) is 7.20. The Morgan fingerprint density at radius 2 is 2.25 bits per heavy atom. The Hall–Kier alpha value is -1.11. The summed E-state index contributed by atoms with van der Waals surface area (Å²) < 4.78 is 11.2. The van der Waals surface area contributed by atoms with Crippen LogP contribution in [0.5, 0.6) is 0 Å². The van der Waals surface area contributed by atoms with Crippen molar-refractivity contribution in [2.24, 2.45) is 4.99 Å². The Balaban J connectivity index is 1.63. The van der Waals surface area contributed by atoms with Gasteiger partial charge >= 0.3 is 0 Å². The average molecular weight is 354 g/mol. The van der Waals surface area contributed by atoms with Crippen LogP contribution in [0.3, 0.4) is 0 Å². The maximum Gasteiger partial charge on any atom is 0.191 e. The molecule has 1 aliphatic rings. The summed E-state index contributed by atoms with van der Waals surface area (Å²) in [5.74, 6) is 1.35. The summed E-state index contributed by atoms with van der Waals surface area (Å²) in [6, 6.07) is 4.28. The van der Waals surface area contributed by atoms with Gasteiger partial charge in [-0.15, -0.1) is 11.3 Å². The van der Waals surface area contributed by atoms with E-state index in [1.807, 2.05) is 0 Å². The first kappa shape index (κ1) is 19.2. The maximum atomic E-state index is 5.89. The van der Waals surface area contributed by atoms with E-state index < -0.39 is 0 Å². The van der Waals surface area contributed by atoms with Crippen molar-refractivity contribution in [3.8, 4) is 0 Å². The number of hydrogen-bond acceptors (Lipinski definition) is 4. The molecule has 0 radical (unpaired) electrons. The van der Waals surface area contributed by atoms with Gasteiger partial charge in [-0.3, -0.25) is 4.99 Å². The van der Waals surface area contributed by atoms with Gasteiger partial charge < -0.3 is 20.1 Å². The van der Waals surface area contributed by atoms with Crippen molar-refractivity contribution < 1.29 is 9.47 Å². The highest BCUT2D eigenvalue weighted by molar-refractivity contribution is 7.10. The molecule has 0 aromatic carbocycles. The van der Waals surface area contributed by atoms with Crippen LogP contribution in [0, 0.1) is 0 Å². The molecule has 0 aliphatic carbocycles. The standard InChI is InChI=1S/C18H31N3O2S/c1-3-19-18(21-14-15(2)17-6-4-13-24-17)20-9-5-10-23-16-7-11-22-12-8-16/h4,6,13,15-16H,3,5,7-12,14H2,1-2H3,(H2,19,20,21). The molecule has 1 aromatic heterocycles. The smallest absolute Gasteiger partial charge is 0.191 e. The number of aliphatic imine (C=N–C) groups is 1. The number of nitrogens with one attached hydrogen (secondary N) is 2. The zero-order valence-electron chi connectivity index (χ0n) is 14.9. The van der Waals surface area contributed by atoms with Gasteiger partial charge in [0.2, 0.25) is 0 Å².